The van der Waals surface area contributed by atoms with Gasteiger partial charge in [-0.2, -0.15) is 5.26 Å². The molecule has 2 nitrogen and oxygen atoms in total. The Hall–Kier alpha value is -1.40. The molecule has 2 atom stereocenters. The number of alkyl halides is 1. The van der Waals surface area contributed by atoms with Crippen LogP contribution in [-0.2, 0) is 0 Å². The van der Waals surface area contributed by atoms with Crippen molar-refractivity contribution in [2.45, 2.75) is 57.5 Å². The van der Waals surface area contributed by atoms with Crippen molar-refractivity contribution in [3.8, 4) is 6.07 Å². The number of hydrogen-bond acceptors (Lipinski definition) is 2. The van der Waals surface area contributed by atoms with E-state index in [2.05, 4.69) is 41.3 Å². The molecule has 2 fully saturated rings. The number of hydrogen-bond donors (Lipinski definition) is 0. The van der Waals surface area contributed by atoms with Crippen LogP contribution < -0.4 is 0 Å². The van der Waals surface area contributed by atoms with Gasteiger partial charge in [-0.1, -0.05) is 37.3 Å². The van der Waals surface area contributed by atoms with Gasteiger partial charge >= 0.3 is 0 Å². The van der Waals surface area contributed by atoms with Crippen LogP contribution >= 0.6 is 0 Å². The highest BCUT2D eigenvalue weighted by Gasteiger charge is 2.40. The molecule has 3 heteroatoms. The van der Waals surface area contributed by atoms with Crippen molar-refractivity contribution in [2.75, 3.05) is 19.6 Å². The van der Waals surface area contributed by atoms with Crippen LogP contribution in [0.15, 0.2) is 30.3 Å². The Kier molecular flexibility index (Phi) is 5.56. The van der Waals surface area contributed by atoms with Crippen LogP contribution in [-0.4, -0.2) is 30.7 Å². The number of likely N-dealkylation sites (tertiary alicyclic amines) is 1. The van der Waals surface area contributed by atoms with Crippen LogP contribution in [0.1, 0.15) is 56.9 Å². The standard InChI is InChI=1S/C21H29FN2/c1-21(11-13-23)12-14-24(16-20(21)22)15-17-7-9-19(10-8-17)18-5-3-2-4-6-18/h2-6,17,19-20H,7-12,14-16H2,1H3. The van der Waals surface area contributed by atoms with Crippen molar-refractivity contribution in [3.63, 3.8) is 0 Å². The first-order valence-electron chi connectivity index (χ1n) is 9.39. The van der Waals surface area contributed by atoms with Crippen LogP contribution in [0.2, 0.25) is 0 Å². The van der Waals surface area contributed by atoms with Gasteiger partial charge in [-0.05, 0) is 56.0 Å². The molecule has 0 aromatic heterocycles. The molecule has 1 heterocycles. The summed E-state index contributed by atoms with van der Waals surface area (Å²) in [5, 5.41) is 8.92. The van der Waals surface area contributed by atoms with E-state index >= 15 is 0 Å². The van der Waals surface area contributed by atoms with Crippen molar-refractivity contribution in [1.29, 1.82) is 5.26 Å². The summed E-state index contributed by atoms with van der Waals surface area (Å²) in [7, 11) is 0. The molecule has 3 rings (SSSR count). The zero-order valence-corrected chi connectivity index (χ0v) is 14.8. The summed E-state index contributed by atoms with van der Waals surface area (Å²) >= 11 is 0. The van der Waals surface area contributed by atoms with Gasteiger partial charge in [0.1, 0.15) is 6.17 Å². The molecule has 0 N–H and O–H groups in total. The number of nitriles is 1. The van der Waals surface area contributed by atoms with Crippen molar-refractivity contribution in [3.05, 3.63) is 35.9 Å². The molecular formula is C21H29FN2. The van der Waals surface area contributed by atoms with Crippen LogP contribution in [0.4, 0.5) is 4.39 Å². The van der Waals surface area contributed by atoms with Gasteiger partial charge < -0.3 is 4.90 Å². The molecule has 0 radical (unpaired) electrons. The minimum Gasteiger partial charge on any atom is -0.300 e. The fourth-order valence-electron chi connectivity index (χ4n) is 4.42. The van der Waals surface area contributed by atoms with Crippen LogP contribution in [0.3, 0.4) is 0 Å². The molecule has 1 aliphatic carbocycles. The first-order valence-corrected chi connectivity index (χ1v) is 9.39. The normalized spacial score (nSPS) is 34.6. The lowest BCUT2D eigenvalue weighted by Gasteiger charge is -2.42. The Bertz CT molecular complexity index is 559. The van der Waals surface area contributed by atoms with Gasteiger partial charge in [0.2, 0.25) is 0 Å². The van der Waals surface area contributed by atoms with Crippen molar-refractivity contribution >= 4 is 0 Å². The molecule has 1 aromatic rings. The Labute approximate surface area is 145 Å². The van der Waals surface area contributed by atoms with Crippen LogP contribution in [0, 0.1) is 22.7 Å². The number of piperidine rings is 1. The maximum absolute atomic E-state index is 14.5. The highest BCUT2D eigenvalue weighted by molar-refractivity contribution is 5.19. The first kappa shape index (κ1) is 17.4. The third-order valence-electron chi connectivity index (χ3n) is 6.29. The quantitative estimate of drug-likeness (QED) is 0.784. The summed E-state index contributed by atoms with van der Waals surface area (Å²) in [6, 6.07) is 13.0. The fraction of sp³-hybridized carbons (Fsp3) is 0.667. The SMILES string of the molecule is CC1(CC#N)CCN(CC2CCC(c3ccccc3)CC2)CC1F. The molecule has 130 valence electrons. The first-order chi connectivity index (χ1) is 11.6. The summed E-state index contributed by atoms with van der Waals surface area (Å²) in [5.74, 6) is 1.41. The highest BCUT2D eigenvalue weighted by atomic mass is 19.1. The molecule has 1 saturated heterocycles. The zero-order chi connectivity index (χ0) is 17.0. The highest BCUT2D eigenvalue weighted by Crippen LogP contribution is 2.39. The zero-order valence-electron chi connectivity index (χ0n) is 14.8. The van der Waals surface area contributed by atoms with E-state index in [9.17, 15) is 4.39 Å². The van der Waals surface area contributed by atoms with Gasteiger partial charge in [0.05, 0.1) is 6.07 Å². The molecule has 2 unspecified atom stereocenters. The Balaban J connectivity index is 1.46. The van der Waals surface area contributed by atoms with E-state index < -0.39 is 11.6 Å². The third-order valence-corrected chi connectivity index (χ3v) is 6.29. The molecule has 1 saturated carbocycles. The summed E-state index contributed by atoms with van der Waals surface area (Å²) in [4.78, 5) is 2.30. The van der Waals surface area contributed by atoms with E-state index in [0.29, 0.717) is 24.8 Å². The number of benzene rings is 1. The number of nitrogens with zero attached hydrogens (tertiary/aromatic N) is 2. The minimum absolute atomic E-state index is 0.337. The molecule has 1 aliphatic heterocycles. The Morgan fingerprint density at radius 3 is 2.54 bits per heavy atom. The maximum atomic E-state index is 14.5. The van der Waals surface area contributed by atoms with Crippen molar-refractivity contribution < 1.29 is 4.39 Å². The van der Waals surface area contributed by atoms with Crippen molar-refractivity contribution in [1.82, 2.24) is 4.90 Å². The molecule has 0 amide bonds. The second kappa shape index (κ2) is 7.66. The summed E-state index contributed by atoms with van der Waals surface area (Å²) in [6.45, 7) is 4.42. The van der Waals surface area contributed by atoms with Crippen LogP contribution in [0.5, 0.6) is 0 Å². The summed E-state index contributed by atoms with van der Waals surface area (Å²) < 4.78 is 14.5. The monoisotopic (exact) mass is 328 g/mol. The molecule has 0 spiro atoms. The Morgan fingerprint density at radius 2 is 1.92 bits per heavy atom. The maximum Gasteiger partial charge on any atom is 0.119 e. The molecule has 0 bridgehead atoms. The van der Waals surface area contributed by atoms with E-state index in [1.807, 2.05) is 6.92 Å². The van der Waals surface area contributed by atoms with Crippen LogP contribution in [0.25, 0.3) is 0 Å². The van der Waals surface area contributed by atoms with E-state index in [4.69, 9.17) is 5.26 Å². The predicted molar refractivity (Wildman–Crippen MR) is 95.4 cm³/mol. The predicted octanol–water partition coefficient (Wildman–Crippen LogP) is 4.92. The van der Waals surface area contributed by atoms with E-state index in [1.165, 1.54) is 31.2 Å². The van der Waals surface area contributed by atoms with Gasteiger partial charge in [0.15, 0.2) is 0 Å². The summed E-state index contributed by atoms with van der Waals surface area (Å²) in [5.41, 5.74) is 1.04. The average molecular weight is 328 g/mol. The van der Waals surface area contributed by atoms with Gasteiger partial charge in [0, 0.05) is 24.9 Å². The van der Waals surface area contributed by atoms with E-state index in [0.717, 1.165) is 19.5 Å². The lowest BCUT2D eigenvalue weighted by atomic mass is 9.75. The topological polar surface area (TPSA) is 27.0 Å². The van der Waals surface area contributed by atoms with Gasteiger partial charge in [-0.25, -0.2) is 4.39 Å². The Morgan fingerprint density at radius 1 is 1.21 bits per heavy atom. The number of halogens is 1. The third kappa shape index (κ3) is 3.98. The smallest absolute Gasteiger partial charge is 0.119 e. The lowest BCUT2D eigenvalue weighted by molar-refractivity contribution is 0.0128. The average Bonchev–Trinajstić information content (AvgIpc) is 2.60. The fourth-order valence-corrected chi connectivity index (χ4v) is 4.42. The number of rotatable bonds is 4. The molecule has 24 heavy (non-hydrogen) atoms. The summed E-state index contributed by atoms with van der Waals surface area (Å²) in [6.07, 6.45) is 5.30. The van der Waals surface area contributed by atoms with Crippen molar-refractivity contribution in [2.24, 2.45) is 11.3 Å². The molecular weight excluding hydrogens is 299 g/mol. The largest absolute Gasteiger partial charge is 0.300 e. The molecule has 1 aromatic carbocycles. The molecule has 2 aliphatic rings. The van der Waals surface area contributed by atoms with Gasteiger partial charge in [-0.15, -0.1) is 0 Å². The van der Waals surface area contributed by atoms with Gasteiger partial charge in [0.25, 0.3) is 0 Å². The van der Waals surface area contributed by atoms with E-state index in [-0.39, 0.29) is 0 Å². The minimum atomic E-state index is -0.869. The lowest BCUT2D eigenvalue weighted by Crippen LogP contribution is -2.48. The van der Waals surface area contributed by atoms with E-state index in [1.54, 1.807) is 0 Å². The second-order valence-electron chi connectivity index (χ2n) is 8.09. The van der Waals surface area contributed by atoms with Gasteiger partial charge in [-0.3, -0.25) is 0 Å². The second-order valence-corrected chi connectivity index (χ2v) is 8.09.